The number of carbonyl (C=O) groups excluding carboxylic acids is 2. The van der Waals surface area contributed by atoms with Crippen LogP contribution in [0.3, 0.4) is 0 Å². The Morgan fingerprint density at radius 1 is 1.23 bits per heavy atom. The number of para-hydroxylation sites is 1. The number of thioether (sulfide) groups is 1. The lowest BCUT2D eigenvalue weighted by Gasteiger charge is -2.29. The number of hydrogen-bond acceptors (Lipinski definition) is 6. The van der Waals surface area contributed by atoms with E-state index < -0.39 is 14.9 Å². The molecule has 0 aliphatic carbocycles. The first kappa shape index (κ1) is 20.7. The molecular weight excluding hydrogens is 426 g/mol. The van der Waals surface area contributed by atoms with Crippen LogP contribution in [0.4, 0.5) is 11.4 Å². The van der Waals surface area contributed by atoms with E-state index in [4.69, 9.17) is 4.74 Å². The SMILES string of the molecule is COc1ccc(NC(=O)[C@]23CCC(=O)N2c2ccccc2S3)cc1S(=O)(=O)N(C)C. The fraction of sp³-hybridized carbons (Fsp3) is 0.300. The van der Waals surface area contributed by atoms with Crippen molar-refractivity contribution in [3.63, 3.8) is 0 Å². The number of carbonyl (C=O) groups is 2. The lowest BCUT2D eigenvalue weighted by molar-refractivity contribution is -0.121. The van der Waals surface area contributed by atoms with Crippen molar-refractivity contribution in [3.05, 3.63) is 42.5 Å². The maximum Gasteiger partial charge on any atom is 0.261 e. The Bertz CT molecular complexity index is 1150. The fourth-order valence-electron chi connectivity index (χ4n) is 3.68. The molecule has 0 radical (unpaired) electrons. The molecule has 0 unspecified atom stereocenters. The number of nitrogens with zero attached hydrogens (tertiary/aromatic N) is 2. The number of rotatable bonds is 5. The number of benzene rings is 2. The van der Waals surface area contributed by atoms with Crippen LogP contribution in [-0.2, 0) is 19.6 Å². The van der Waals surface area contributed by atoms with Gasteiger partial charge in [0.25, 0.3) is 5.91 Å². The minimum atomic E-state index is -3.78. The summed E-state index contributed by atoms with van der Waals surface area (Å²) >= 11 is 1.35. The van der Waals surface area contributed by atoms with Crippen LogP contribution in [0, 0.1) is 0 Å². The minimum absolute atomic E-state index is 0.0491. The summed E-state index contributed by atoms with van der Waals surface area (Å²) < 4.78 is 31.6. The van der Waals surface area contributed by atoms with E-state index in [2.05, 4.69) is 5.32 Å². The summed E-state index contributed by atoms with van der Waals surface area (Å²) in [6.45, 7) is 0. The molecule has 2 aliphatic rings. The van der Waals surface area contributed by atoms with Crippen molar-refractivity contribution in [1.29, 1.82) is 0 Å². The molecule has 2 aromatic rings. The molecule has 0 spiro atoms. The standard InChI is InChI=1S/C20H21N3O5S2/c1-22(2)30(26,27)17-12-13(8-9-15(17)28-3)21-19(25)20-11-10-18(24)23(20)14-6-4-5-7-16(14)29-20/h4-9,12H,10-11H2,1-3H3,(H,21,25)/t20-/m1/s1. The van der Waals surface area contributed by atoms with Crippen molar-refractivity contribution in [2.45, 2.75) is 27.5 Å². The molecule has 0 saturated carbocycles. The number of ether oxygens (including phenoxy) is 1. The summed E-state index contributed by atoms with van der Waals surface area (Å²) in [6.07, 6.45) is 0.646. The van der Waals surface area contributed by atoms with Gasteiger partial charge in [-0.25, -0.2) is 12.7 Å². The summed E-state index contributed by atoms with van der Waals surface area (Å²) in [6, 6.07) is 11.9. The number of hydrogen-bond donors (Lipinski definition) is 1. The van der Waals surface area contributed by atoms with E-state index in [-0.39, 0.29) is 28.9 Å². The second kappa shape index (κ2) is 7.29. The molecular formula is C20H21N3O5S2. The van der Waals surface area contributed by atoms with Gasteiger partial charge in [0.05, 0.1) is 12.8 Å². The van der Waals surface area contributed by atoms with E-state index >= 15 is 0 Å². The van der Waals surface area contributed by atoms with Crippen LogP contribution < -0.4 is 15.0 Å². The van der Waals surface area contributed by atoms with Crippen LogP contribution >= 0.6 is 11.8 Å². The Morgan fingerprint density at radius 2 is 1.97 bits per heavy atom. The van der Waals surface area contributed by atoms with Crippen LogP contribution in [0.1, 0.15) is 12.8 Å². The van der Waals surface area contributed by atoms with Gasteiger partial charge >= 0.3 is 0 Å². The molecule has 1 atom stereocenters. The van der Waals surface area contributed by atoms with E-state index in [0.29, 0.717) is 12.1 Å². The molecule has 10 heteroatoms. The maximum absolute atomic E-state index is 13.4. The summed E-state index contributed by atoms with van der Waals surface area (Å²) in [5.41, 5.74) is 1.04. The first-order chi connectivity index (χ1) is 14.2. The molecule has 2 aromatic carbocycles. The average molecular weight is 448 g/mol. The third kappa shape index (κ3) is 3.06. The summed E-state index contributed by atoms with van der Waals surface area (Å²) in [5, 5.41) is 2.81. The molecule has 1 fully saturated rings. The van der Waals surface area contributed by atoms with Gasteiger partial charge < -0.3 is 10.1 Å². The second-order valence-electron chi connectivity index (χ2n) is 7.19. The Balaban J connectivity index is 1.69. The Kier molecular flexibility index (Phi) is 5.03. The van der Waals surface area contributed by atoms with Crippen LogP contribution in [0.2, 0.25) is 0 Å². The van der Waals surface area contributed by atoms with Gasteiger partial charge in [-0.15, -0.1) is 0 Å². The number of nitrogens with one attached hydrogen (secondary N) is 1. The molecule has 2 aliphatic heterocycles. The van der Waals surface area contributed by atoms with Crippen molar-refractivity contribution in [1.82, 2.24) is 4.31 Å². The number of anilines is 2. The largest absolute Gasteiger partial charge is 0.495 e. The van der Waals surface area contributed by atoms with Gasteiger partial charge in [-0.1, -0.05) is 23.9 Å². The smallest absolute Gasteiger partial charge is 0.261 e. The first-order valence-electron chi connectivity index (χ1n) is 9.24. The molecule has 2 heterocycles. The van der Waals surface area contributed by atoms with Gasteiger partial charge in [0, 0.05) is 31.1 Å². The van der Waals surface area contributed by atoms with E-state index in [0.717, 1.165) is 14.9 Å². The van der Waals surface area contributed by atoms with Gasteiger partial charge in [-0.2, -0.15) is 0 Å². The third-order valence-corrected chi connectivity index (χ3v) is 8.52. The highest BCUT2D eigenvalue weighted by Crippen LogP contribution is 2.56. The van der Waals surface area contributed by atoms with Gasteiger partial charge in [0.2, 0.25) is 15.9 Å². The van der Waals surface area contributed by atoms with Crippen molar-refractivity contribution in [2.24, 2.45) is 0 Å². The van der Waals surface area contributed by atoms with Gasteiger partial charge in [0.15, 0.2) is 4.87 Å². The average Bonchev–Trinajstić information content (AvgIpc) is 3.23. The monoisotopic (exact) mass is 447 g/mol. The quantitative estimate of drug-likeness (QED) is 0.757. The van der Waals surface area contributed by atoms with Gasteiger partial charge in [-0.3, -0.25) is 14.5 Å². The van der Waals surface area contributed by atoms with E-state index in [1.54, 1.807) is 11.0 Å². The van der Waals surface area contributed by atoms with Crippen LogP contribution in [-0.4, -0.2) is 50.6 Å². The minimum Gasteiger partial charge on any atom is -0.495 e. The molecule has 30 heavy (non-hydrogen) atoms. The molecule has 0 bridgehead atoms. The Morgan fingerprint density at radius 3 is 2.67 bits per heavy atom. The zero-order chi connectivity index (χ0) is 21.7. The molecule has 158 valence electrons. The third-order valence-electron chi connectivity index (χ3n) is 5.21. The number of methoxy groups -OCH3 is 1. The molecule has 4 rings (SSSR count). The number of amides is 2. The van der Waals surface area contributed by atoms with Crippen molar-refractivity contribution < 1.29 is 22.7 Å². The highest BCUT2D eigenvalue weighted by Gasteiger charge is 2.57. The first-order valence-corrected chi connectivity index (χ1v) is 11.5. The topological polar surface area (TPSA) is 96.0 Å². The molecule has 0 aromatic heterocycles. The highest BCUT2D eigenvalue weighted by molar-refractivity contribution is 8.02. The molecule has 2 amide bonds. The maximum atomic E-state index is 13.4. The highest BCUT2D eigenvalue weighted by atomic mass is 32.2. The number of sulfonamides is 1. The molecule has 8 nitrogen and oxygen atoms in total. The zero-order valence-corrected chi connectivity index (χ0v) is 18.3. The van der Waals surface area contributed by atoms with Crippen LogP contribution in [0.25, 0.3) is 0 Å². The van der Waals surface area contributed by atoms with Gasteiger partial charge in [0.1, 0.15) is 10.6 Å². The lowest BCUT2D eigenvalue weighted by atomic mass is 10.1. The summed E-state index contributed by atoms with van der Waals surface area (Å²) in [7, 11) is 0.451. The predicted octanol–water partition coefficient (Wildman–Crippen LogP) is 2.51. The van der Waals surface area contributed by atoms with Crippen molar-refractivity contribution in [2.75, 3.05) is 31.4 Å². The van der Waals surface area contributed by atoms with Crippen LogP contribution in [0.5, 0.6) is 5.75 Å². The van der Waals surface area contributed by atoms with Crippen molar-refractivity contribution in [3.8, 4) is 5.75 Å². The fourth-order valence-corrected chi connectivity index (χ4v) is 6.17. The Labute approximate surface area is 179 Å². The normalized spacial score (nSPS) is 20.3. The van der Waals surface area contributed by atoms with Crippen LogP contribution in [0.15, 0.2) is 52.3 Å². The van der Waals surface area contributed by atoms with E-state index in [1.807, 2.05) is 24.3 Å². The van der Waals surface area contributed by atoms with E-state index in [9.17, 15) is 18.0 Å². The van der Waals surface area contributed by atoms with E-state index in [1.165, 1.54) is 45.1 Å². The van der Waals surface area contributed by atoms with Gasteiger partial charge in [-0.05, 0) is 36.8 Å². The lowest BCUT2D eigenvalue weighted by Crippen LogP contribution is -2.49. The Hall–Kier alpha value is -2.56. The predicted molar refractivity (Wildman–Crippen MR) is 114 cm³/mol. The van der Waals surface area contributed by atoms with Crippen molar-refractivity contribution >= 4 is 45.0 Å². The summed E-state index contributed by atoms with van der Waals surface area (Å²) in [4.78, 5) is 27.2. The second-order valence-corrected chi connectivity index (χ2v) is 10.6. The molecule has 1 saturated heterocycles. The summed E-state index contributed by atoms with van der Waals surface area (Å²) in [5.74, 6) is -0.290. The number of fused-ring (bicyclic) bond motifs is 3. The zero-order valence-electron chi connectivity index (χ0n) is 16.7. The molecule has 1 N–H and O–H groups in total.